The van der Waals surface area contributed by atoms with Gasteiger partial charge in [0.05, 0.1) is 0 Å². The minimum Gasteiger partial charge on any atom is -0.337 e. The molecule has 2 rings (SSSR count). The fraction of sp³-hybridized carbons (Fsp3) is 0.778. The topological polar surface area (TPSA) is 75.4 Å². The van der Waals surface area contributed by atoms with E-state index in [-0.39, 0.29) is 23.2 Å². The highest BCUT2D eigenvalue weighted by Gasteiger charge is 2.35. The zero-order valence-corrected chi connectivity index (χ0v) is 9.26. The lowest BCUT2D eigenvalue weighted by molar-refractivity contribution is -0.133. The number of rotatable bonds is 2. The van der Waals surface area contributed by atoms with Gasteiger partial charge in [0.15, 0.2) is 0 Å². The third-order valence-electron chi connectivity index (χ3n) is 2.90. The molecule has 0 aliphatic carbocycles. The minimum absolute atomic E-state index is 0.0290. The fourth-order valence-electron chi connectivity index (χ4n) is 2.09. The van der Waals surface area contributed by atoms with Crippen LogP contribution in [0.2, 0.25) is 0 Å². The largest absolute Gasteiger partial charge is 0.337 e. The van der Waals surface area contributed by atoms with E-state index in [1.807, 2.05) is 4.90 Å². The third-order valence-corrected chi connectivity index (χ3v) is 3.78. The first-order valence-corrected chi connectivity index (χ1v) is 6.15. The van der Waals surface area contributed by atoms with Crippen LogP contribution in [0.4, 0.5) is 4.79 Å². The van der Waals surface area contributed by atoms with Gasteiger partial charge in [0.1, 0.15) is 6.04 Å². The Balaban J connectivity index is 1.98. The Bertz CT molecular complexity index is 285. The summed E-state index contributed by atoms with van der Waals surface area (Å²) in [5, 5.41) is 2.57. The quantitative estimate of drug-likeness (QED) is 0.685. The second-order valence-electron chi connectivity index (χ2n) is 3.86. The molecule has 0 spiro atoms. The summed E-state index contributed by atoms with van der Waals surface area (Å²) in [4.78, 5) is 24.8. The molecule has 2 heterocycles. The molecule has 2 fully saturated rings. The van der Waals surface area contributed by atoms with Gasteiger partial charge in [-0.3, -0.25) is 9.59 Å². The standard InChI is InChI=1S/C9H15N3O2S/c10-4-6-2-1-3-12(6)8(13)7-5-15-9(14)11-7/h6-7H,1-5,10H2,(H,11,14). The number of carbonyl (C=O) groups excluding carboxylic acids is 2. The second kappa shape index (κ2) is 4.40. The highest BCUT2D eigenvalue weighted by atomic mass is 32.2. The highest BCUT2D eigenvalue weighted by molar-refractivity contribution is 8.14. The first kappa shape index (κ1) is 10.8. The van der Waals surface area contributed by atoms with Gasteiger partial charge in [0, 0.05) is 24.9 Å². The Morgan fingerprint density at radius 1 is 1.67 bits per heavy atom. The van der Waals surface area contributed by atoms with Crippen LogP contribution >= 0.6 is 11.8 Å². The number of likely N-dealkylation sites (tertiary alicyclic amines) is 1. The van der Waals surface area contributed by atoms with Crippen LogP contribution in [-0.4, -0.2) is 47.0 Å². The molecule has 0 aromatic heterocycles. The summed E-state index contributed by atoms with van der Waals surface area (Å²) in [6, 6.07) is -0.172. The first-order valence-electron chi connectivity index (χ1n) is 5.16. The summed E-state index contributed by atoms with van der Waals surface area (Å²) in [5.41, 5.74) is 5.60. The summed E-state index contributed by atoms with van der Waals surface area (Å²) in [6.45, 7) is 1.29. The zero-order chi connectivity index (χ0) is 10.8. The molecule has 0 aromatic carbocycles. The molecule has 2 atom stereocenters. The molecular weight excluding hydrogens is 214 g/mol. The zero-order valence-electron chi connectivity index (χ0n) is 8.44. The van der Waals surface area contributed by atoms with Crippen LogP contribution < -0.4 is 11.1 Å². The molecule has 6 heteroatoms. The van der Waals surface area contributed by atoms with Crippen molar-refractivity contribution in [2.45, 2.75) is 24.9 Å². The van der Waals surface area contributed by atoms with Crippen molar-refractivity contribution < 1.29 is 9.59 Å². The summed E-state index contributed by atoms with van der Waals surface area (Å²) >= 11 is 1.17. The van der Waals surface area contributed by atoms with Crippen molar-refractivity contribution in [3.05, 3.63) is 0 Å². The molecule has 2 unspecified atom stereocenters. The summed E-state index contributed by atoms with van der Waals surface area (Å²) < 4.78 is 0. The number of nitrogens with one attached hydrogen (secondary N) is 1. The van der Waals surface area contributed by atoms with Gasteiger partial charge in [-0.05, 0) is 12.8 Å². The number of thioether (sulfide) groups is 1. The molecule has 3 N–H and O–H groups in total. The number of nitrogens with zero attached hydrogens (tertiary/aromatic N) is 1. The number of carbonyl (C=O) groups is 2. The van der Waals surface area contributed by atoms with Crippen LogP contribution in [0.3, 0.4) is 0 Å². The fourth-order valence-corrected chi connectivity index (χ4v) is 2.86. The Hall–Kier alpha value is -0.750. The van der Waals surface area contributed by atoms with Gasteiger partial charge in [-0.25, -0.2) is 0 Å². The van der Waals surface area contributed by atoms with Crippen LogP contribution in [0.15, 0.2) is 0 Å². The van der Waals surface area contributed by atoms with E-state index >= 15 is 0 Å². The molecule has 2 aliphatic rings. The second-order valence-corrected chi connectivity index (χ2v) is 4.85. The average molecular weight is 229 g/mol. The van der Waals surface area contributed by atoms with Crippen molar-refractivity contribution in [3.63, 3.8) is 0 Å². The van der Waals surface area contributed by atoms with E-state index in [2.05, 4.69) is 5.32 Å². The summed E-state index contributed by atoms with van der Waals surface area (Å²) in [5.74, 6) is 0.576. The van der Waals surface area contributed by atoms with E-state index < -0.39 is 0 Å². The van der Waals surface area contributed by atoms with E-state index in [1.54, 1.807) is 0 Å². The van der Waals surface area contributed by atoms with Crippen LogP contribution in [0.5, 0.6) is 0 Å². The Morgan fingerprint density at radius 2 is 2.47 bits per heavy atom. The molecule has 84 valence electrons. The summed E-state index contributed by atoms with van der Waals surface area (Å²) in [6.07, 6.45) is 2.00. The molecule has 2 aliphatic heterocycles. The predicted molar refractivity (Wildman–Crippen MR) is 58.6 cm³/mol. The van der Waals surface area contributed by atoms with Crippen LogP contribution in [0.25, 0.3) is 0 Å². The van der Waals surface area contributed by atoms with Gasteiger partial charge >= 0.3 is 0 Å². The molecule has 0 aromatic rings. The van der Waals surface area contributed by atoms with Crippen LogP contribution in [0, 0.1) is 0 Å². The molecule has 0 radical (unpaired) electrons. The van der Waals surface area contributed by atoms with Crippen molar-refractivity contribution >= 4 is 22.9 Å². The van der Waals surface area contributed by atoms with Gasteiger partial charge < -0.3 is 16.0 Å². The third kappa shape index (κ3) is 2.10. The molecule has 15 heavy (non-hydrogen) atoms. The van der Waals surface area contributed by atoms with Crippen molar-refractivity contribution in [2.24, 2.45) is 5.73 Å². The Labute approximate surface area is 92.7 Å². The smallest absolute Gasteiger partial charge is 0.279 e. The maximum atomic E-state index is 12.0. The van der Waals surface area contributed by atoms with Crippen LogP contribution in [-0.2, 0) is 4.79 Å². The van der Waals surface area contributed by atoms with Crippen molar-refractivity contribution in [3.8, 4) is 0 Å². The number of nitrogens with two attached hydrogens (primary N) is 1. The van der Waals surface area contributed by atoms with E-state index in [1.165, 1.54) is 11.8 Å². The molecule has 2 saturated heterocycles. The van der Waals surface area contributed by atoms with Crippen molar-refractivity contribution in [1.82, 2.24) is 10.2 Å². The molecule has 0 saturated carbocycles. The Kier molecular flexibility index (Phi) is 3.16. The maximum Gasteiger partial charge on any atom is 0.279 e. The van der Waals surface area contributed by atoms with Crippen molar-refractivity contribution in [1.29, 1.82) is 0 Å². The molecular formula is C9H15N3O2S. The predicted octanol–water partition coefficient (Wildman–Crippen LogP) is -0.239. The van der Waals surface area contributed by atoms with Gasteiger partial charge in [-0.2, -0.15) is 0 Å². The lowest BCUT2D eigenvalue weighted by atomic mass is 10.2. The monoisotopic (exact) mass is 229 g/mol. The SMILES string of the molecule is NCC1CCCN1C(=O)C1CSC(=O)N1. The average Bonchev–Trinajstić information content (AvgIpc) is 2.84. The normalized spacial score (nSPS) is 30.7. The maximum absolute atomic E-state index is 12.0. The van der Waals surface area contributed by atoms with Crippen LogP contribution in [0.1, 0.15) is 12.8 Å². The Morgan fingerprint density at radius 3 is 3.07 bits per heavy atom. The minimum atomic E-state index is -0.338. The number of hydrogen-bond acceptors (Lipinski definition) is 4. The van der Waals surface area contributed by atoms with E-state index in [0.717, 1.165) is 19.4 Å². The van der Waals surface area contributed by atoms with Gasteiger partial charge in [0.2, 0.25) is 5.91 Å². The lowest BCUT2D eigenvalue weighted by Gasteiger charge is -2.25. The first-order chi connectivity index (χ1) is 7.22. The van der Waals surface area contributed by atoms with Gasteiger partial charge in [-0.1, -0.05) is 11.8 Å². The lowest BCUT2D eigenvalue weighted by Crippen LogP contribution is -2.49. The van der Waals surface area contributed by atoms with E-state index in [9.17, 15) is 9.59 Å². The highest BCUT2D eigenvalue weighted by Crippen LogP contribution is 2.21. The molecule has 5 nitrogen and oxygen atoms in total. The van der Waals surface area contributed by atoms with Crippen molar-refractivity contribution in [2.75, 3.05) is 18.8 Å². The van der Waals surface area contributed by atoms with E-state index in [4.69, 9.17) is 5.73 Å². The molecule has 0 bridgehead atoms. The van der Waals surface area contributed by atoms with E-state index in [0.29, 0.717) is 12.3 Å². The number of amides is 2. The summed E-state index contributed by atoms with van der Waals surface area (Å²) in [7, 11) is 0. The number of hydrogen-bond donors (Lipinski definition) is 2. The van der Waals surface area contributed by atoms with Gasteiger partial charge in [0.25, 0.3) is 5.24 Å². The molecule has 2 amide bonds. The van der Waals surface area contributed by atoms with Gasteiger partial charge in [-0.15, -0.1) is 0 Å².